The van der Waals surface area contributed by atoms with E-state index in [0.717, 1.165) is 16.8 Å². The number of hydrogen-bond acceptors (Lipinski definition) is 12. The summed E-state index contributed by atoms with van der Waals surface area (Å²) in [5, 5.41) is 17.2. The maximum atomic E-state index is 13.9. The maximum absolute atomic E-state index is 13.9. The van der Waals surface area contributed by atoms with Crippen molar-refractivity contribution in [2.75, 3.05) is 13.7 Å². The van der Waals surface area contributed by atoms with Gasteiger partial charge >= 0.3 is 25.4 Å². The van der Waals surface area contributed by atoms with Gasteiger partial charge in [0, 0.05) is 17.2 Å². The van der Waals surface area contributed by atoms with Gasteiger partial charge in [0.15, 0.2) is 6.23 Å². The lowest BCUT2D eigenvalue weighted by molar-refractivity contribution is -0.149. The van der Waals surface area contributed by atoms with Gasteiger partial charge in [0.1, 0.15) is 23.4 Å². The molecule has 0 bridgehead atoms. The number of nitrogens with zero attached hydrogens (tertiary/aromatic N) is 4. The first kappa shape index (κ1) is 32.5. The van der Waals surface area contributed by atoms with E-state index in [0.29, 0.717) is 0 Å². The fourth-order valence-electron chi connectivity index (χ4n) is 4.02. The lowest BCUT2D eigenvalue weighted by Crippen LogP contribution is -2.45. The van der Waals surface area contributed by atoms with Crippen molar-refractivity contribution in [3.8, 4) is 5.75 Å². The number of nitrogens with one attached hydrogen (secondary N) is 2. The van der Waals surface area contributed by atoms with Crippen molar-refractivity contribution in [1.29, 1.82) is 0 Å². The molecule has 0 spiro atoms. The number of aliphatic hydroxyl groups excluding tert-OH is 1. The lowest BCUT2D eigenvalue weighted by Gasteiger charge is -2.28. The fourth-order valence-corrected chi connectivity index (χ4v) is 5.51. The van der Waals surface area contributed by atoms with E-state index in [4.69, 9.17) is 24.1 Å². The molecule has 0 radical (unpaired) electrons. The van der Waals surface area contributed by atoms with Crippen LogP contribution >= 0.6 is 7.75 Å². The molecule has 1 aliphatic rings. The summed E-state index contributed by atoms with van der Waals surface area (Å²) in [5.74, 6) is -1.56. The number of benzene rings is 1. The Bertz CT molecular complexity index is 1520. The van der Waals surface area contributed by atoms with E-state index < -0.39 is 73.7 Å². The third-order valence-electron chi connectivity index (χ3n) is 6.07. The van der Waals surface area contributed by atoms with Gasteiger partial charge < -0.3 is 23.8 Å². The van der Waals surface area contributed by atoms with Crippen LogP contribution in [-0.4, -0.2) is 70.2 Å². The molecule has 3 rings (SSSR count). The van der Waals surface area contributed by atoms with Crippen molar-refractivity contribution in [3.63, 3.8) is 0 Å². The number of hydrogen-bond donors (Lipinski definition) is 3. The molecule has 228 valence electrons. The summed E-state index contributed by atoms with van der Waals surface area (Å²) in [5.41, 5.74) is 5.85. The average Bonchev–Trinajstić information content (AvgIpc) is 3.16. The molecule has 1 aliphatic heterocycles. The van der Waals surface area contributed by atoms with Crippen LogP contribution in [0.2, 0.25) is 0 Å². The fraction of sp³-hybridized carbons (Fsp3) is 0.500. The van der Waals surface area contributed by atoms with E-state index >= 15 is 0 Å². The van der Waals surface area contributed by atoms with Crippen molar-refractivity contribution >= 4 is 19.7 Å². The zero-order valence-electron chi connectivity index (χ0n) is 23.3. The predicted molar refractivity (Wildman–Crippen MR) is 145 cm³/mol. The molecule has 0 saturated carbocycles. The first-order chi connectivity index (χ1) is 19.7. The monoisotopic (exact) mass is 610 g/mol. The van der Waals surface area contributed by atoms with Gasteiger partial charge in [0.2, 0.25) is 0 Å². The predicted octanol–water partition coefficient (Wildman–Crippen LogP) is 1.78. The van der Waals surface area contributed by atoms with Crippen LogP contribution in [-0.2, 0) is 28.1 Å². The second-order valence-corrected chi connectivity index (χ2v) is 11.3. The van der Waals surface area contributed by atoms with Crippen molar-refractivity contribution in [1.82, 2.24) is 14.6 Å². The number of azide groups is 1. The van der Waals surface area contributed by atoms with Gasteiger partial charge in [-0.25, -0.2) is 14.2 Å². The van der Waals surface area contributed by atoms with E-state index in [1.165, 1.54) is 45.2 Å². The van der Waals surface area contributed by atoms with E-state index in [9.17, 15) is 28.8 Å². The van der Waals surface area contributed by atoms with E-state index in [-0.39, 0.29) is 11.3 Å². The van der Waals surface area contributed by atoms with Gasteiger partial charge in [-0.2, -0.15) is 5.09 Å². The number of H-pyrrole nitrogens is 1. The Labute approximate surface area is 238 Å². The highest BCUT2D eigenvalue weighted by Gasteiger charge is 2.55. The number of esters is 2. The van der Waals surface area contributed by atoms with Gasteiger partial charge in [-0.05, 0) is 51.4 Å². The summed E-state index contributed by atoms with van der Waals surface area (Å²) < 4.78 is 41.7. The van der Waals surface area contributed by atoms with E-state index in [2.05, 4.69) is 19.9 Å². The molecule has 6 atom stereocenters. The smallest absolute Gasteiger partial charge is 0.459 e. The number of ether oxygens (including phenoxy) is 3. The van der Waals surface area contributed by atoms with Crippen LogP contribution in [0.1, 0.15) is 44.3 Å². The summed E-state index contributed by atoms with van der Waals surface area (Å²) in [6, 6.07) is 5.29. The Morgan fingerprint density at radius 2 is 2.02 bits per heavy atom. The molecule has 18 heteroatoms. The van der Waals surface area contributed by atoms with Crippen LogP contribution < -0.4 is 20.9 Å². The minimum Gasteiger partial charge on any atom is -0.465 e. The van der Waals surface area contributed by atoms with Crippen molar-refractivity contribution in [2.45, 2.75) is 63.8 Å². The first-order valence-electron chi connectivity index (χ1n) is 12.5. The van der Waals surface area contributed by atoms with Crippen LogP contribution in [0.3, 0.4) is 0 Å². The Hall–Kier alpha value is -3.98. The van der Waals surface area contributed by atoms with E-state index in [1.807, 2.05) is 4.98 Å². The van der Waals surface area contributed by atoms with Crippen LogP contribution in [0, 0.1) is 0 Å². The number of aromatic amines is 1. The van der Waals surface area contributed by atoms with E-state index in [1.54, 1.807) is 13.8 Å². The second-order valence-electron chi connectivity index (χ2n) is 9.64. The van der Waals surface area contributed by atoms with Crippen molar-refractivity contribution in [2.24, 2.45) is 5.11 Å². The van der Waals surface area contributed by atoms with Crippen LogP contribution in [0.25, 0.3) is 10.4 Å². The van der Waals surface area contributed by atoms with Crippen LogP contribution in [0.15, 0.2) is 51.2 Å². The minimum absolute atomic E-state index is 0.0719. The topological polar surface area (TPSA) is 233 Å². The molecule has 0 aliphatic carbocycles. The highest BCUT2D eigenvalue weighted by molar-refractivity contribution is 7.52. The second kappa shape index (κ2) is 13.3. The van der Waals surface area contributed by atoms with Crippen molar-refractivity contribution in [3.05, 3.63) is 73.4 Å². The number of aromatic nitrogens is 2. The Balaban J connectivity index is 1.92. The molecule has 1 fully saturated rings. The zero-order valence-corrected chi connectivity index (χ0v) is 24.2. The molecule has 1 aromatic carbocycles. The standard InChI is InChI=1S/C24H31N6O11P/c1-13(2)39-20(33)14(3)27-42(36,41-16-8-6-7-15(11-16)21(34)37-5)38-12-17-19(32)24(4,28-29-25)22(40-17)30-10-9-18(31)26-23(30)35/h6-11,13-14,17,19,22,32H,12H2,1-5H3,(H,27,36)(H,26,31,35)/t14-,17+,19+,22+,24+,42?/m0/s1. The quantitative estimate of drug-likeness (QED) is 0.103. The molecular weight excluding hydrogens is 579 g/mol. The number of aliphatic hydroxyl groups is 1. The summed E-state index contributed by atoms with van der Waals surface area (Å²) in [4.78, 5) is 53.2. The van der Waals surface area contributed by atoms with Crippen LogP contribution in [0.4, 0.5) is 0 Å². The largest absolute Gasteiger partial charge is 0.465 e. The lowest BCUT2D eigenvalue weighted by atomic mass is 9.93. The van der Waals surface area contributed by atoms with Gasteiger partial charge in [-0.15, -0.1) is 0 Å². The van der Waals surface area contributed by atoms with Gasteiger partial charge in [0.05, 0.1) is 31.5 Å². The molecular formula is C24H31N6O11P. The first-order valence-corrected chi connectivity index (χ1v) is 14.1. The normalized spacial score (nSPS) is 23.8. The number of carbonyl (C=O) groups excluding carboxylic acids is 2. The highest BCUT2D eigenvalue weighted by Crippen LogP contribution is 2.47. The SMILES string of the molecule is COC(=O)c1cccc(OP(=O)(N[C@@H](C)C(=O)OC(C)C)OC[C@H]2O[C@@H](n3ccc(=O)[nH]c3=O)[C@](C)(N=[N+]=[N-])[C@@H]2O)c1. The molecule has 1 unspecified atom stereocenters. The Morgan fingerprint density at radius 3 is 2.64 bits per heavy atom. The Kier molecular flexibility index (Phi) is 10.3. The molecule has 17 nitrogen and oxygen atoms in total. The summed E-state index contributed by atoms with van der Waals surface area (Å²) in [6.45, 7) is 5.25. The van der Waals surface area contributed by atoms with Gasteiger partial charge in [-0.3, -0.25) is 23.7 Å². The molecule has 1 aromatic heterocycles. The molecule has 2 heterocycles. The molecule has 0 amide bonds. The molecule has 1 saturated heterocycles. The highest BCUT2D eigenvalue weighted by atomic mass is 31.2. The van der Waals surface area contributed by atoms with Crippen LogP contribution in [0.5, 0.6) is 5.75 Å². The zero-order chi connectivity index (χ0) is 31.2. The number of rotatable bonds is 12. The maximum Gasteiger partial charge on any atom is 0.459 e. The minimum atomic E-state index is -4.51. The third kappa shape index (κ3) is 7.45. The number of methoxy groups -OCH3 is 1. The molecule has 42 heavy (non-hydrogen) atoms. The van der Waals surface area contributed by atoms with Gasteiger partial charge in [0.25, 0.3) is 5.56 Å². The third-order valence-corrected chi connectivity index (χ3v) is 7.71. The van der Waals surface area contributed by atoms with Gasteiger partial charge in [-0.1, -0.05) is 11.2 Å². The molecule has 3 N–H and O–H groups in total. The Morgan fingerprint density at radius 1 is 1.31 bits per heavy atom. The summed E-state index contributed by atoms with van der Waals surface area (Å²) in [7, 11) is -3.33. The average molecular weight is 611 g/mol. The summed E-state index contributed by atoms with van der Waals surface area (Å²) >= 11 is 0. The molecule has 2 aromatic rings. The summed E-state index contributed by atoms with van der Waals surface area (Å²) in [6.07, 6.45) is -3.77. The number of carbonyl (C=O) groups is 2. The van der Waals surface area contributed by atoms with Crippen molar-refractivity contribution < 1.29 is 42.5 Å².